The molecule has 1 saturated heterocycles. The lowest BCUT2D eigenvalue weighted by molar-refractivity contribution is -0.124. The summed E-state index contributed by atoms with van der Waals surface area (Å²) in [6, 6.07) is 15.6. The van der Waals surface area contributed by atoms with Gasteiger partial charge in [-0.15, -0.1) is 0 Å². The van der Waals surface area contributed by atoms with Crippen LogP contribution in [0.1, 0.15) is 23.7 Å². The number of benzene rings is 2. The molecule has 0 spiro atoms. The van der Waals surface area contributed by atoms with Gasteiger partial charge in [0.25, 0.3) is 0 Å². The number of carbonyl (C=O) groups is 1. The average Bonchev–Trinajstić information content (AvgIpc) is 2.68. The van der Waals surface area contributed by atoms with Crippen molar-refractivity contribution in [2.45, 2.75) is 25.7 Å². The Balaban J connectivity index is 1.60. The van der Waals surface area contributed by atoms with Crippen molar-refractivity contribution in [1.29, 1.82) is 0 Å². The summed E-state index contributed by atoms with van der Waals surface area (Å²) in [4.78, 5) is 21.3. The molecule has 138 valence electrons. The largest absolute Gasteiger partial charge is 0.494 e. The second kappa shape index (κ2) is 7.20. The third kappa shape index (κ3) is 3.54. The molecule has 2 unspecified atom stereocenters. The maximum absolute atomic E-state index is 12.2. The Labute approximate surface area is 157 Å². The summed E-state index contributed by atoms with van der Waals surface area (Å²) in [6.07, 6.45) is -0.0869. The molecule has 3 N–H and O–H groups in total. The molecule has 1 amide bonds. The van der Waals surface area contributed by atoms with Gasteiger partial charge in [0.1, 0.15) is 11.3 Å². The van der Waals surface area contributed by atoms with Gasteiger partial charge >= 0.3 is 0 Å². The first kappa shape index (κ1) is 17.2. The second-order valence-electron chi connectivity index (χ2n) is 6.47. The van der Waals surface area contributed by atoms with Crippen molar-refractivity contribution in [3.8, 4) is 5.75 Å². The number of aromatic nitrogens is 2. The molecule has 4 rings (SSSR count). The molecule has 1 aliphatic rings. The lowest BCUT2D eigenvalue weighted by atomic mass is 10.0. The number of fused-ring (bicyclic) bond motifs is 1. The van der Waals surface area contributed by atoms with Crippen LogP contribution in [0, 0.1) is 6.92 Å². The molecule has 27 heavy (non-hydrogen) atoms. The van der Waals surface area contributed by atoms with Crippen molar-refractivity contribution in [3.05, 3.63) is 59.8 Å². The van der Waals surface area contributed by atoms with E-state index in [1.165, 1.54) is 0 Å². The second-order valence-corrected chi connectivity index (χ2v) is 6.47. The Kier molecular flexibility index (Phi) is 4.60. The SMILES string of the molecule is COc1cccc2c(C)nc(NC3NC(=O)CC(c4ccccc4)N3)nc12. The van der Waals surface area contributed by atoms with Crippen molar-refractivity contribution >= 4 is 22.8 Å². The van der Waals surface area contributed by atoms with Crippen LogP contribution in [0.5, 0.6) is 5.75 Å². The highest BCUT2D eigenvalue weighted by Gasteiger charge is 2.27. The van der Waals surface area contributed by atoms with E-state index >= 15 is 0 Å². The number of ether oxygens (including phenoxy) is 1. The number of amides is 1. The van der Waals surface area contributed by atoms with Crippen LogP contribution in [-0.4, -0.2) is 29.3 Å². The van der Waals surface area contributed by atoms with E-state index in [4.69, 9.17) is 4.74 Å². The van der Waals surface area contributed by atoms with Crippen molar-refractivity contribution in [1.82, 2.24) is 20.6 Å². The molecule has 7 nitrogen and oxygen atoms in total. The van der Waals surface area contributed by atoms with Gasteiger partial charge in [0.05, 0.1) is 12.8 Å². The fourth-order valence-electron chi connectivity index (χ4n) is 3.32. The maximum atomic E-state index is 12.2. The first-order chi connectivity index (χ1) is 13.1. The lowest BCUT2D eigenvalue weighted by Crippen LogP contribution is -2.56. The molecule has 7 heteroatoms. The molecule has 1 aliphatic heterocycles. The number of nitrogens with one attached hydrogen (secondary N) is 3. The zero-order valence-electron chi connectivity index (χ0n) is 15.2. The summed E-state index contributed by atoms with van der Waals surface area (Å²) in [5.41, 5.74) is 2.64. The molecule has 2 atom stereocenters. The van der Waals surface area contributed by atoms with E-state index in [2.05, 4.69) is 25.9 Å². The number of rotatable bonds is 4. The predicted octanol–water partition coefficient (Wildman–Crippen LogP) is 2.49. The summed E-state index contributed by atoms with van der Waals surface area (Å²) in [6.45, 7) is 1.92. The van der Waals surface area contributed by atoms with Crippen molar-refractivity contribution in [3.63, 3.8) is 0 Å². The number of para-hydroxylation sites is 1. The van der Waals surface area contributed by atoms with Crippen molar-refractivity contribution in [2.24, 2.45) is 0 Å². The highest BCUT2D eigenvalue weighted by atomic mass is 16.5. The quantitative estimate of drug-likeness (QED) is 0.660. The van der Waals surface area contributed by atoms with Crippen LogP contribution in [0.4, 0.5) is 5.95 Å². The number of carbonyl (C=O) groups excluding carboxylic acids is 1. The molecule has 1 fully saturated rings. The fourth-order valence-corrected chi connectivity index (χ4v) is 3.32. The third-order valence-electron chi connectivity index (χ3n) is 4.64. The van der Waals surface area contributed by atoms with Crippen LogP contribution in [0.15, 0.2) is 48.5 Å². The molecule has 1 aromatic heterocycles. The molecular formula is C20H21N5O2. The average molecular weight is 363 g/mol. The summed E-state index contributed by atoms with van der Waals surface area (Å²) in [5, 5.41) is 10.4. The van der Waals surface area contributed by atoms with Gasteiger partial charge in [-0.2, -0.15) is 0 Å². The fraction of sp³-hybridized carbons (Fsp3) is 0.250. The summed E-state index contributed by atoms with van der Waals surface area (Å²) in [5.74, 6) is 1.08. The van der Waals surface area contributed by atoms with Crippen LogP contribution in [0.2, 0.25) is 0 Å². The van der Waals surface area contributed by atoms with Crippen LogP contribution in [0.3, 0.4) is 0 Å². The van der Waals surface area contributed by atoms with E-state index in [0.717, 1.165) is 22.2 Å². The maximum Gasteiger partial charge on any atom is 0.226 e. The smallest absolute Gasteiger partial charge is 0.226 e. The van der Waals surface area contributed by atoms with Crippen molar-refractivity contribution < 1.29 is 9.53 Å². The monoisotopic (exact) mass is 363 g/mol. The molecule has 0 radical (unpaired) electrons. The molecule has 3 aromatic rings. The standard InChI is InChI=1S/C20H21N5O2/c1-12-14-9-6-10-16(27-2)18(14)24-19(21-12)25-20-22-15(11-17(26)23-20)13-7-4-3-5-8-13/h3-10,15,20,22H,11H2,1-2H3,(H,23,26)(H,21,24,25). The Hall–Kier alpha value is -3.19. The highest BCUT2D eigenvalue weighted by molar-refractivity contribution is 5.87. The third-order valence-corrected chi connectivity index (χ3v) is 4.64. The van der Waals surface area contributed by atoms with E-state index in [1.807, 2.05) is 55.5 Å². The Morgan fingerprint density at radius 2 is 1.93 bits per heavy atom. The van der Waals surface area contributed by atoms with Gasteiger partial charge in [0, 0.05) is 17.8 Å². The Bertz CT molecular complexity index is 977. The molecule has 0 aliphatic carbocycles. The highest BCUT2D eigenvalue weighted by Crippen LogP contribution is 2.26. The van der Waals surface area contributed by atoms with Crippen molar-refractivity contribution in [2.75, 3.05) is 12.4 Å². The number of aryl methyl sites for hydroxylation is 1. The number of hydrogen-bond donors (Lipinski definition) is 3. The van der Waals surface area contributed by atoms with E-state index in [9.17, 15) is 4.79 Å². The normalized spacial score (nSPS) is 19.6. The van der Waals surface area contributed by atoms with Gasteiger partial charge in [-0.1, -0.05) is 42.5 Å². The number of nitrogens with zero attached hydrogens (tertiary/aromatic N) is 2. The Morgan fingerprint density at radius 1 is 1.11 bits per heavy atom. The lowest BCUT2D eigenvalue weighted by Gasteiger charge is -2.32. The molecular weight excluding hydrogens is 342 g/mol. The van der Waals surface area contributed by atoms with E-state index in [1.54, 1.807) is 7.11 Å². The molecule has 2 aromatic carbocycles. The minimum Gasteiger partial charge on any atom is -0.494 e. The number of anilines is 1. The Morgan fingerprint density at radius 3 is 2.70 bits per heavy atom. The van der Waals surface area contributed by atoms with Crippen LogP contribution < -0.4 is 20.7 Å². The number of methoxy groups -OCH3 is 1. The van der Waals surface area contributed by atoms with Gasteiger partial charge < -0.3 is 15.4 Å². The van der Waals surface area contributed by atoms with Crippen LogP contribution >= 0.6 is 0 Å². The van der Waals surface area contributed by atoms with Gasteiger partial charge in [0.15, 0.2) is 6.29 Å². The summed E-state index contributed by atoms with van der Waals surface area (Å²) < 4.78 is 5.42. The van der Waals surface area contributed by atoms with Gasteiger partial charge in [-0.3, -0.25) is 10.1 Å². The first-order valence-electron chi connectivity index (χ1n) is 8.82. The van der Waals surface area contributed by atoms with E-state index < -0.39 is 6.29 Å². The zero-order chi connectivity index (χ0) is 18.8. The van der Waals surface area contributed by atoms with Crippen LogP contribution in [-0.2, 0) is 4.79 Å². The minimum atomic E-state index is -0.469. The van der Waals surface area contributed by atoms with Gasteiger partial charge in [0.2, 0.25) is 11.9 Å². The molecule has 0 bridgehead atoms. The molecule has 2 heterocycles. The van der Waals surface area contributed by atoms with E-state index in [0.29, 0.717) is 18.1 Å². The zero-order valence-corrected chi connectivity index (χ0v) is 15.2. The predicted molar refractivity (Wildman–Crippen MR) is 103 cm³/mol. The minimum absolute atomic E-state index is 0.0322. The first-order valence-corrected chi connectivity index (χ1v) is 8.82. The molecule has 0 saturated carbocycles. The summed E-state index contributed by atoms with van der Waals surface area (Å²) in [7, 11) is 1.62. The number of hydrogen-bond acceptors (Lipinski definition) is 6. The van der Waals surface area contributed by atoms with Crippen LogP contribution in [0.25, 0.3) is 10.9 Å². The topological polar surface area (TPSA) is 88.2 Å². The summed E-state index contributed by atoms with van der Waals surface area (Å²) >= 11 is 0. The van der Waals surface area contributed by atoms with Gasteiger partial charge in [-0.25, -0.2) is 9.97 Å². The van der Waals surface area contributed by atoms with E-state index in [-0.39, 0.29) is 11.9 Å². The van der Waals surface area contributed by atoms with Gasteiger partial charge in [-0.05, 0) is 18.6 Å².